The second-order valence-electron chi connectivity index (χ2n) is 24.9. The molecule has 0 bridgehead atoms. The molecule has 83 heavy (non-hydrogen) atoms. The van der Waals surface area contributed by atoms with Crippen molar-refractivity contribution in [1.82, 2.24) is 0 Å². The van der Waals surface area contributed by atoms with Crippen LogP contribution in [0.1, 0.15) is 86.1 Å². The summed E-state index contributed by atoms with van der Waals surface area (Å²) in [4.78, 5) is 4.95. The molecule has 0 saturated carbocycles. The van der Waals surface area contributed by atoms with Gasteiger partial charge in [-0.3, -0.25) is 0 Å². The second kappa shape index (κ2) is 18.7. The number of furan rings is 2. The summed E-state index contributed by atoms with van der Waals surface area (Å²) in [5.41, 5.74) is 20.6. The van der Waals surface area contributed by atoms with Gasteiger partial charge in [0.25, 0.3) is 0 Å². The van der Waals surface area contributed by atoms with Gasteiger partial charge >= 0.3 is 0 Å². The molecule has 0 spiro atoms. The minimum atomic E-state index is -0.832. The maximum absolute atomic E-state index is 7.31. The van der Waals surface area contributed by atoms with Gasteiger partial charge in [-0.05, 0) is 128 Å². The number of rotatable bonds is 8. The lowest BCUT2D eigenvalue weighted by molar-refractivity contribution is 0.572. The first-order chi connectivity index (χ1) is 40.3. The van der Waals surface area contributed by atoms with Gasteiger partial charge in [0.05, 0.1) is 28.2 Å². The number of fused-ring (bicyclic) bond motifs is 13. The molecule has 1 aliphatic carbocycles. The summed E-state index contributed by atoms with van der Waals surface area (Å²) in [5.74, 6) is 0. The molecule has 0 atom stereocenters. The third kappa shape index (κ3) is 7.65. The molecule has 0 amide bonds. The van der Waals surface area contributed by atoms with Crippen LogP contribution in [0.3, 0.4) is 0 Å². The topological polar surface area (TPSA) is 32.8 Å². The fourth-order valence-electron chi connectivity index (χ4n) is 14.0. The molecule has 0 unspecified atom stereocenters. The Kier molecular flexibility index (Phi) is 11.3. The number of anilines is 6. The summed E-state index contributed by atoms with van der Waals surface area (Å²) < 4.78 is 14.6. The molecule has 2 aromatic heterocycles. The van der Waals surface area contributed by atoms with Crippen molar-refractivity contribution in [2.45, 2.75) is 71.6 Å². The zero-order valence-electron chi connectivity index (χ0n) is 48.3. The molecule has 4 nitrogen and oxygen atoms in total. The molecule has 2 heterocycles. The number of aryl methyl sites for hydroxylation is 2. The van der Waals surface area contributed by atoms with Crippen molar-refractivity contribution in [3.8, 4) is 11.1 Å². The van der Waals surface area contributed by atoms with E-state index in [0.29, 0.717) is 0 Å². The van der Waals surface area contributed by atoms with E-state index in [9.17, 15) is 0 Å². The molecule has 14 aromatic rings. The predicted molar refractivity (Wildman–Crippen MR) is 350 cm³/mol. The van der Waals surface area contributed by atoms with Crippen LogP contribution < -0.4 is 9.80 Å². The summed E-state index contributed by atoms with van der Waals surface area (Å²) in [6.45, 7) is 18.0. The van der Waals surface area contributed by atoms with Crippen LogP contribution in [0.15, 0.2) is 251 Å². The number of nitrogens with zero attached hydrogens (tertiary/aromatic N) is 2. The van der Waals surface area contributed by atoms with E-state index in [1.165, 1.54) is 66.4 Å². The van der Waals surface area contributed by atoms with Crippen LogP contribution in [0, 0.1) is 13.8 Å². The van der Waals surface area contributed by atoms with E-state index in [1.54, 1.807) is 0 Å². The van der Waals surface area contributed by atoms with Crippen LogP contribution in [0.2, 0.25) is 0 Å². The van der Waals surface area contributed by atoms with Gasteiger partial charge in [-0.25, -0.2) is 0 Å². The van der Waals surface area contributed by atoms with Gasteiger partial charge in [-0.15, -0.1) is 0 Å². The average molecular weight is 1070 g/mol. The Labute approximate surface area is 485 Å². The van der Waals surface area contributed by atoms with Gasteiger partial charge in [0, 0.05) is 54.8 Å². The van der Waals surface area contributed by atoms with Gasteiger partial charge in [-0.1, -0.05) is 236 Å². The highest BCUT2D eigenvalue weighted by Crippen LogP contribution is 2.63. The lowest BCUT2D eigenvalue weighted by atomic mass is 9.67. The Hall–Kier alpha value is -9.64. The van der Waals surface area contributed by atoms with E-state index in [1.807, 2.05) is 0 Å². The Morgan fingerprint density at radius 2 is 0.639 bits per heavy atom. The van der Waals surface area contributed by atoms with Crippen molar-refractivity contribution >= 4 is 99.5 Å². The van der Waals surface area contributed by atoms with Crippen LogP contribution in [-0.4, -0.2) is 0 Å². The SMILES string of the molecule is Cc1cccc(N(c2cc3c(c4ccccc24)-c2c(cc(N(c4cccc(C)c4)c4cccc5c4oc4c(C(C)(C)C)cccc45)c4ccccc24)C3(c2ccccc2)c2ccccc2)c2cccc3c2oc2c(C(C)(C)C)cccc23)c1. The Morgan fingerprint density at radius 1 is 0.301 bits per heavy atom. The van der Waals surface area contributed by atoms with Crippen molar-refractivity contribution in [3.63, 3.8) is 0 Å². The molecule has 0 fully saturated rings. The van der Waals surface area contributed by atoms with E-state index in [-0.39, 0.29) is 10.8 Å². The van der Waals surface area contributed by atoms with Crippen LogP contribution in [0.4, 0.5) is 34.1 Å². The number of para-hydroxylation sites is 4. The molecule has 0 aliphatic heterocycles. The summed E-state index contributed by atoms with van der Waals surface area (Å²) >= 11 is 0. The van der Waals surface area contributed by atoms with Crippen molar-refractivity contribution in [3.05, 3.63) is 287 Å². The largest absolute Gasteiger partial charge is 0.454 e. The number of hydrogen-bond donors (Lipinski definition) is 0. The van der Waals surface area contributed by atoms with Crippen LogP contribution in [0.5, 0.6) is 0 Å². The first kappa shape index (κ1) is 50.3. The fourth-order valence-corrected chi connectivity index (χ4v) is 14.0. The standard InChI is InChI=1S/C79H64N2O2/c1-49-25-19-31-53(45-49)80(67-43-23-39-61-59-37-21-41-63(77(3,4)5)73(59)82-75(61)67)69-47-65-71(57-35-17-15-33-55(57)69)72-58-36-18-16-34-56(58)70(48-66(72)79(65,51-27-11-9-12-28-51)52-29-13-10-14-30-52)81(54-32-20-26-50(2)46-54)68-44-24-40-62-60-38-22-42-64(78(6,7)8)74(60)83-76(62)68/h9-48H,1-8H3. The second-order valence-corrected chi connectivity index (χ2v) is 24.9. The van der Waals surface area contributed by atoms with E-state index in [0.717, 1.165) is 88.8 Å². The lowest BCUT2D eigenvalue weighted by Gasteiger charge is -2.36. The number of benzene rings is 12. The van der Waals surface area contributed by atoms with Gasteiger partial charge in [0.1, 0.15) is 11.2 Å². The maximum Gasteiger partial charge on any atom is 0.159 e. The Balaban J connectivity index is 1.09. The zero-order valence-corrected chi connectivity index (χ0v) is 48.3. The third-order valence-electron chi connectivity index (χ3n) is 17.6. The van der Waals surface area contributed by atoms with E-state index in [2.05, 4.69) is 308 Å². The number of hydrogen-bond acceptors (Lipinski definition) is 4. The molecular weight excluding hydrogens is 1010 g/mol. The quantitative estimate of drug-likeness (QED) is 0.152. The zero-order chi connectivity index (χ0) is 56.5. The van der Waals surface area contributed by atoms with Crippen molar-refractivity contribution < 1.29 is 8.83 Å². The normalized spacial score (nSPS) is 13.2. The van der Waals surface area contributed by atoms with Crippen LogP contribution in [-0.2, 0) is 16.2 Å². The minimum Gasteiger partial charge on any atom is -0.454 e. The minimum absolute atomic E-state index is 0.134. The van der Waals surface area contributed by atoms with Gasteiger partial charge < -0.3 is 18.6 Å². The van der Waals surface area contributed by atoms with Crippen LogP contribution in [0.25, 0.3) is 76.5 Å². The van der Waals surface area contributed by atoms with E-state index >= 15 is 0 Å². The average Bonchev–Trinajstić information content (AvgIpc) is 1.62. The van der Waals surface area contributed by atoms with E-state index < -0.39 is 5.41 Å². The van der Waals surface area contributed by atoms with Crippen molar-refractivity contribution in [2.75, 3.05) is 9.80 Å². The van der Waals surface area contributed by atoms with Gasteiger partial charge in [0.15, 0.2) is 11.2 Å². The molecule has 12 aromatic carbocycles. The lowest BCUT2D eigenvalue weighted by Crippen LogP contribution is -2.29. The molecule has 402 valence electrons. The first-order valence-corrected chi connectivity index (χ1v) is 29.2. The molecular formula is C79H64N2O2. The predicted octanol–water partition coefficient (Wildman–Crippen LogP) is 22.3. The van der Waals surface area contributed by atoms with E-state index in [4.69, 9.17) is 8.83 Å². The maximum atomic E-state index is 7.31. The van der Waals surface area contributed by atoms with Crippen molar-refractivity contribution in [2.24, 2.45) is 0 Å². The summed E-state index contributed by atoms with van der Waals surface area (Å²) in [6.07, 6.45) is 0. The highest BCUT2D eigenvalue weighted by molar-refractivity contribution is 6.20. The molecule has 0 radical (unpaired) electrons. The first-order valence-electron chi connectivity index (χ1n) is 29.2. The molecule has 0 N–H and O–H groups in total. The van der Waals surface area contributed by atoms with Gasteiger partial charge in [-0.2, -0.15) is 0 Å². The van der Waals surface area contributed by atoms with Gasteiger partial charge in [0.2, 0.25) is 0 Å². The van der Waals surface area contributed by atoms with Crippen LogP contribution >= 0.6 is 0 Å². The Bertz CT molecular complexity index is 4600. The third-order valence-corrected chi connectivity index (χ3v) is 17.6. The molecule has 1 aliphatic rings. The van der Waals surface area contributed by atoms with Crippen molar-refractivity contribution in [1.29, 1.82) is 0 Å². The fraction of sp³-hybridized carbons (Fsp3) is 0.139. The summed E-state index contributed by atoms with van der Waals surface area (Å²) in [5, 5.41) is 9.05. The molecule has 4 heteroatoms. The highest BCUT2D eigenvalue weighted by Gasteiger charge is 2.49. The molecule has 0 saturated heterocycles. The Morgan fingerprint density at radius 3 is 1.02 bits per heavy atom. The summed E-state index contributed by atoms with van der Waals surface area (Å²) in [6, 6.07) is 90.2. The smallest absolute Gasteiger partial charge is 0.159 e. The highest BCUT2D eigenvalue weighted by atomic mass is 16.3. The molecule has 15 rings (SSSR count). The monoisotopic (exact) mass is 1070 g/mol. The summed E-state index contributed by atoms with van der Waals surface area (Å²) in [7, 11) is 0.